The van der Waals surface area contributed by atoms with Gasteiger partial charge in [-0.05, 0) is 19.4 Å². The smallest absolute Gasteiger partial charge is 0.306 e. The van der Waals surface area contributed by atoms with E-state index in [0.29, 0.717) is 13.2 Å². The molecule has 0 aromatic heterocycles. The van der Waals surface area contributed by atoms with Crippen molar-refractivity contribution in [1.29, 1.82) is 0 Å². The van der Waals surface area contributed by atoms with Crippen LogP contribution in [0.2, 0.25) is 0 Å². The molecular formula is C14H19O3P. The predicted octanol–water partition coefficient (Wildman–Crippen LogP) is 4.48. The maximum atomic E-state index is 12.1. The Labute approximate surface area is 109 Å². The Balaban J connectivity index is 2.62. The summed E-state index contributed by atoms with van der Waals surface area (Å²) in [4.78, 5) is 0. The minimum absolute atomic E-state index is 0.365. The number of rotatable bonds is 7. The second-order valence-corrected chi connectivity index (χ2v) is 5.38. The SMILES string of the molecule is CCOP(=O)(/C=C/C=C/c1ccccc1)OCC. The van der Waals surface area contributed by atoms with Crippen LogP contribution >= 0.6 is 7.60 Å². The quantitative estimate of drug-likeness (QED) is 0.539. The standard InChI is InChI=1S/C14H19O3P/c1-3-16-18(15,17-4-2)13-9-8-12-14-10-6-5-7-11-14/h5-13H,3-4H2,1-2H3/b12-8+,13-9+. The number of hydrogen-bond acceptors (Lipinski definition) is 3. The van der Waals surface area contributed by atoms with Crippen molar-refractivity contribution in [2.45, 2.75) is 13.8 Å². The summed E-state index contributed by atoms with van der Waals surface area (Å²) in [5.41, 5.74) is 1.09. The van der Waals surface area contributed by atoms with E-state index >= 15 is 0 Å². The third-order valence-electron chi connectivity index (χ3n) is 2.09. The summed E-state index contributed by atoms with van der Waals surface area (Å²) in [7, 11) is -3.07. The molecule has 3 nitrogen and oxygen atoms in total. The van der Waals surface area contributed by atoms with E-state index in [1.807, 2.05) is 42.5 Å². The van der Waals surface area contributed by atoms with Gasteiger partial charge in [0.1, 0.15) is 0 Å². The summed E-state index contributed by atoms with van der Waals surface area (Å²) >= 11 is 0. The molecule has 1 aromatic carbocycles. The molecular weight excluding hydrogens is 247 g/mol. The number of benzene rings is 1. The third kappa shape index (κ3) is 5.46. The first kappa shape index (κ1) is 14.9. The van der Waals surface area contributed by atoms with Gasteiger partial charge in [0, 0.05) is 5.82 Å². The molecule has 98 valence electrons. The molecule has 0 fully saturated rings. The first-order chi connectivity index (χ1) is 8.70. The van der Waals surface area contributed by atoms with E-state index in [1.165, 1.54) is 5.82 Å². The van der Waals surface area contributed by atoms with Crippen LogP contribution in [0.25, 0.3) is 6.08 Å². The molecule has 1 aromatic rings. The van der Waals surface area contributed by atoms with Crippen LogP contribution in [0.1, 0.15) is 19.4 Å². The van der Waals surface area contributed by atoms with Crippen molar-refractivity contribution < 1.29 is 13.6 Å². The fourth-order valence-electron chi connectivity index (χ4n) is 1.37. The van der Waals surface area contributed by atoms with E-state index in [1.54, 1.807) is 19.9 Å². The topological polar surface area (TPSA) is 35.5 Å². The zero-order valence-electron chi connectivity index (χ0n) is 10.8. The molecule has 0 aliphatic heterocycles. The second-order valence-electron chi connectivity index (χ2n) is 3.49. The predicted molar refractivity (Wildman–Crippen MR) is 75.5 cm³/mol. The molecule has 0 heterocycles. The van der Waals surface area contributed by atoms with Crippen molar-refractivity contribution >= 4 is 13.7 Å². The molecule has 0 atom stereocenters. The molecule has 0 aliphatic carbocycles. The Morgan fingerprint density at radius 3 is 2.22 bits per heavy atom. The molecule has 4 heteroatoms. The highest BCUT2D eigenvalue weighted by atomic mass is 31.2. The second kappa shape index (κ2) is 8.04. The summed E-state index contributed by atoms with van der Waals surface area (Å²) in [6, 6.07) is 9.89. The van der Waals surface area contributed by atoms with E-state index < -0.39 is 7.60 Å². The largest absolute Gasteiger partial charge is 0.354 e. The third-order valence-corrected chi connectivity index (χ3v) is 3.86. The first-order valence-electron chi connectivity index (χ1n) is 6.00. The summed E-state index contributed by atoms with van der Waals surface area (Å²) in [5.74, 6) is 1.49. The maximum Gasteiger partial charge on any atom is 0.354 e. The summed E-state index contributed by atoms with van der Waals surface area (Å²) < 4.78 is 22.3. The lowest BCUT2D eigenvalue weighted by molar-refractivity contribution is 0.229. The fourth-order valence-corrected chi connectivity index (χ4v) is 2.65. The van der Waals surface area contributed by atoms with Crippen LogP contribution in [0.4, 0.5) is 0 Å². The molecule has 1 rings (SSSR count). The zero-order valence-corrected chi connectivity index (χ0v) is 11.7. The highest BCUT2D eigenvalue weighted by Crippen LogP contribution is 2.49. The maximum absolute atomic E-state index is 12.1. The van der Waals surface area contributed by atoms with Gasteiger partial charge in [-0.15, -0.1) is 0 Å². The molecule has 0 N–H and O–H groups in total. The lowest BCUT2D eigenvalue weighted by Gasteiger charge is -2.11. The van der Waals surface area contributed by atoms with Crippen LogP contribution < -0.4 is 0 Å². The van der Waals surface area contributed by atoms with Gasteiger partial charge < -0.3 is 9.05 Å². The number of hydrogen-bond donors (Lipinski definition) is 0. The molecule has 0 aliphatic rings. The van der Waals surface area contributed by atoms with Crippen molar-refractivity contribution in [2.24, 2.45) is 0 Å². The molecule has 0 bridgehead atoms. The summed E-state index contributed by atoms with van der Waals surface area (Å²) in [6.45, 7) is 4.31. The average molecular weight is 266 g/mol. The summed E-state index contributed by atoms with van der Waals surface area (Å²) in [6.07, 6.45) is 5.44. The molecule has 0 saturated carbocycles. The first-order valence-corrected chi connectivity index (χ1v) is 7.61. The Kier molecular flexibility index (Phi) is 6.66. The molecule has 0 unspecified atom stereocenters. The molecule has 0 saturated heterocycles. The van der Waals surface area contributed by atoms with Crippen molar-refractivity contribution in [3.8, 4) is 0 Å². The highest BCUT2D eigenvalue weighted by Gasteiger charge is 2.17. The van der Waals surface area contributed by atoms with Gasteiger partial charge in [0.25, 0.3) is 0 Å². The Hall–Kier alpha value is -1.15. The zero-order chi connectivity index (χ0) is 13.3. The molecule has 18 heavy (non-hydrogen) atoms. The highest BCUT2D eigenvalue weighted by molar-refractivity contribution is 7.57. The minimum atomic E-state index is -3.07. The minimum Gasteiger partial charge on any atom is -0.306 e. The van der Waals surface area contributed by atoms with E-state index in [9.17, 15) is 4.57 Å². The summed E-state index contributed by atoms with van der Waals surface area (Å²) in [5, 5.41) is 0. The molecule has 0 spiro atoms. The van der Waals surface area contributed by atoms with Gasteiger partial charge in [0.2, 0.25) is 0 Å². The van der Waals surface area contributed by atoms with Crippen LogP contribution in [0, 0.1) is 0 Å². The fraction of sp³-hybridized carbons (Fsp3) is 0.286. The van der Waals surface area contributed by atoms with E-state index in [4.69, 9.17) is 9.05 Å². The van der Waals surface area contributed by atoms with Gasteiger partial charge in [-0.3, -0.25) is 4.57 Å². The van der Waals surface area contributed by atoms with Crippen molar-refractivity contribution in [2.75, 3.05) is 13.2 Å². The lowest BCUT2D eigenvalue weighted by atomic mass is 10.2. The van der Waals surface area contributed by atoms with Crippen LogP contribution in [-0.2, 0) is 13.6 Å². The monoisotopic (exact) mass is 266 g/mol. The Morgan fingerprint density at radius 1 is 1.06 bits per heavy atom. The molecule has 0 amide bonds. The normalized spacial score (nSPS) is 12.6. The van der Waals surface area contributed by atoms with E-state index in [2.05, 4.69) is 0 Å². The van der Waals surface area contributed by atoms with Crippen LogP contribution in [-0.4, -0.2) is 13.2 Å². The van der Waals surface area contributed by atoms with Gasteiger partial charge >= 0.3 is 7.60 Å². The average Bonchev–Trinajstić information content (AvgIpc) is 2.37. The van der Waals surface area contributed by atoms with E-state index in [0.717, 1.165) is 5.56 Å². The number of allylic oxidation sites excluding steroid dienone is 2. The van der Waals surface area contributed by atoms with E-state index in [-0.39, 0.29) is 0 Å². The van der Waals surface area contributed by atoms with Gasteiger partial charge in [0.15, 0.2) is 0 Å². The Bertz CT molecular complexity index is 428. The molecule has 0 radical (unpaired) electrons. The lowest BCUT2D eigenvalue weighted by Crippen LogP contribution is -1.92. The van der Waals surface area contributed by atoms with Crippen molar-refractivity contribution in [3.63, 3.8) is 0 Å². The van der Waals surface area contributed by atoms with Gasteiger partial charge in [-0.25, -0.2) is 0 Å². The van der Waals surface area contributed by atoms with Crippen LogP contribution in [0.5, 0.6) is 0 Å². The van der Waals surface area contributed by atoms with Crippen LogP contribution in [0.3, 0.4) is 0 Å². The van der Waals surface area contributed by atoms with Gasteiger partial charge in [0.05, 0.1) is 13.2 Å². The Morgan fingerprint density at radius 2 is 1.67 bits per heavy atom. The van der Waals surface area contributed by atoms with Gasteiger partial charge in [-0.2, -0.15) is 0 Å². The van der Waals surface area contributed by atoms with Crippen molar-refractivity contribution in [3.05, 3.63) is 53.9 Å². The van der Waals surface area contributed by atoms with Crippen LogP contribution in [0.15, 0.2) is 48.3 Å². The van der Waals surface area contributed by atoms with Gasteiger partial charge in [-0.1, -0.05) is 48.6 Å². The van der Waals surface area contributed by atoms with Crippen molar-refractivity contribution in [1.82, 2.24) is 0 Å².